The van der Waals surface area contributed by atoms with Crippen LogP contribution in [0.2, 0.25) is 0 Å². The molecule has 0 aromatic heterocycles. The fourth-order valence-corrected chi connectivity index (χ4v) is 0.862. The smallest absolute Gasteiger partial charge is 0.0340 e. The van der Waals surface area contributed by atoms with Crippen LogP contribution < -0.4 is 10.9 Å². The Labute approximate surface area is 69.3 Å². The van der Waals surface area contributed by atoms with Gasteiger partial charge in [0.05, 0.1) is 0 Å². The molecule has 0 aromatic carbocycles. The zero-order valence-corrected chi connectivity index (χ0v) is 7.86. The normalized spacial score (nSPS) is 14.5. The molecular weight excluding hydrogens is 136 g/mol. The lowest BCUT2D eigenvalue weighted by atomic mass is 10.2. The first kappa shape index (κ1) is 10.1. The van der Waals surface area contributed by atoms with Crippen molar-refractivity contribution in [1.82, 2.24) is 10.9 Å². The molecule has 0 atom stereocenters. The zero-order chi connectivity index (χ0) is 8.69. The van der Waals surface area contributed by atoms with Crippen LogP contribution in [-0.4, -0.2) is 0 Å². The van der Waals surface area contributed by atoms with Gasteiger partial charge in [-0.25, -0.2) is 0 Å². The van der Waals surface area contributed by atoms with Gasteiger partial charge in [-0.05, 0) is 25.0 Å². The van der Waals surface area contributed by atoms with E-state index in [1.54, 1.807) is 0 Å². The molecule has 0 fully saturated rings. The molecule has 0 bridgehead atoms. The van der Waals surface area contributed by atoms with Crippen LogP contribution in [0.4, 0.5) is 0 Å². The average molecular weight is 154 g/mol. The summed E-state index contributed by atoms with van der Waals surface area (Å²) in [6.07, 6.45) is 5.02. The number of hydrogen-bond donors (Lipinski definition) is 2. The lowest BCUT2D eigenvalue weighted by molar-refractivity contribution is 0.680. The van der Waals surface area contributed by atoms with E-state index in [-0.39, 0.29) is 0 Å². The number of rotatable bonds is 1. The van der Waals surface area contributed by atoms with Gasteiger partial charge < -0.3 is 10.9 Å². The second kappa shape index (κ2) is 5.83. The Morgan fingerprint density at radius 2 is 2.00 bits per heavy atom. The van der Waals surface area contributed by atoms with E-state index >= 15 is 0 Å². The number of hydrogen-bond acceptors (Lipinski definition) is 2. The zero-order valence-electron chi connectivity index (χ0n) is 7.86. The molecular formula is C9H18N2. The highest BCUT2D eigenvalue weighted by molar-refractivity contribution is 5.24. The molecule has 0 saturated carbocycles. The highest BCUT2D eigenvalue weighted by Gasteiger charge is 1.98. The van der Waals surface area contributed by atoms with Crippen LogP contribution in [0.5, 0.6) is 0 Å². The Kier molecular flexibility index (Phi) is 5.35. The van der Waals surface area contributed by atoms with Crippen LogP contribution in [0.25, 0.3) is 0 Å². The molecule has 0 amide bonds. The van der Waals surface area contributed by atoms with E-state index in [2.05, 4.69) is 30.8 Å². The summed E-state index contributed by atoms with van der Waals surface area (Å²) < 4.78 is 0. The Hall–Kier alpha value is -0.920. The number of nitrogens with one attached hydrogen (secondary N) is 2. The summed E-state index contributed by atoms with van der Waals surface area (Å²) in [6, 6.07) is 0. The van der Waals surface area contributed by atoms with E-state index in [1.165, 1.54) is 11.3 Å². The third-order valence-electron chi connectivity index (χ3n) is 1.47. The highest BCUT2D eigenvalue weighted by Crippen LogP contribution is 2.07. The van der Waals surface area contributed by atoms with Crippen molar-refractivity contribution < 1.29 is 0 Å². The second-order valence-corrected chi connectivity index (χ2v) is 2.12. The predicted molar refractivity (Wildman–Crippen MR) is 49.8 cm³/mol. The fourth-order valence-electron chi connectivity index (χ4n) is 0.862. The van der Waals surface area contributed by atoms with E-state index in [4.69, 9.17) is 0 Å². The minimum absolute atomic E-state index is 1.06. The molecule has 2 N–H and O–H groups in total. The van der Waals surface area contributed by atoms with E-state index < -0.39 is 0 Å². The molecule has 0 aromatic rings. The van der Waals surface area contributed by atoms with Crippen molar-refractivity contribution in [2.24, 2.45) is 0 Å². The number of allylic oxidation sites excluding steroid dienone is 3. The topological polar surface area (TPSA) is 24.1 Å². The Bertz CT molecular complexity index is 157. The molecule has 0 unspecified atom stereocenters. The van der Waals surface area contributed by atoms with Crippen molar-refractivity contribution in [3.8, 4) is 0 Å². The minimum Gasteiger partial charge on any atom is -0.308 e. The van der Waals surface area contributed by atoms with Gasteiger partial charge in [0.25, 0.3) is 0 Å². The molecule has 2 heteroatoms. The molecule has 1 aliphatic heterocycles. The maximum atomic E-state index is 3.06. The lowest BCUT2D eigenvalue weighted by Crippen LogP contribution is -2.28. The summed E-state index contributed by atoms with van der Waals surface area (Å²) in [6.45, 7) is 8.23. The fraction of sp³-hybridized carbons (Fsp3) is 0.556. The van der Waals surface area contributed by atoms with Crippen LogP contribution in [0.1, 0.15) is 34.1 Å². The Morgan fingerprint density at radius 1 is 1.36 bits per heavy atom. The molecule has 1 heterocycles. The summed E-state index contributed by atoms with van der Waals surface area (Å²) in [5.41, 5.74) is 8.58. The van der Waals surface area contributed by atoms with E-state index in [0.29, 0.717) is 0 Å². The van der Waals surface area contributed by atoms with Crippen molar-refractivity contribution in [2.45, 2.75) is 34.1 Å². The molecule has 2 nitrogen and oxygen atoms in total. The summed E-state index contributed by atoms with van der Waals surface area (Å²) in [5.74, 6) is 0. The van der Waals surface area contributed by atoms with Crippen molar-refractivity contribution in [1.29, 1.82) is 0 Å². The molecule has 1 rings (SSSR count). The maximum Gasteiger partial charge on any atom is 0.0340 e. The van der Waals surface area contributed by atoms with Gasteiger partial charge in [0.15, 0.2) is 0 Å². The molecule has 11 heavy (non-hydrogen) atoms. The lowest BCUT2D eigenvalue weighted by Gasteiger charge is -2.14. The van der Waals surface area contributed by atoms with Gasteiger partial charge in [0, 0.05) is 11.9 Å². The van der Waals surface area contributed by atoms with Gasteiger partial charge in [0.2, 0.25) is 0 Å². The summed E-state index contributed by atoms with van der Waals surface area (Å²) in [7, 11) is 0. The van der Waals surface area contributed by atoms with E-state index in [1.807, 2.05) is 20.0 Å². The van der Waals surface area contributed by atoms with Crippen molar-refractivity contribution in [3.63, 3.8) is 0 Å². The van der Waals surface area contributed by atoms with Crippen molar-refractivity contribution >= 4 is 0 Å². The molecule has 0 spiro atoms. The highest BCUT2D eigenvalue weighted by atomic mass is 15.3. The number of hydrazine groups is 1. The third-order valence-corrected chi connectivity index (χ3v) is 1.47. The van der Waals surface area contributed by atoms with Gasteiger partial charge in [0.1, 0.15) is 0 Å². The molecule has 0 aliphatic carbocycles. The summed E-state index contributed by atoms with van der Waals surface area (Å²) in [4.78, 5) is 0. The van der Waals surface area contributed by atoms with Crippen LogP contribution in [0.3, 0.4) is 0 Å². The minimum atomic E-state index is 1.06. The largest absolute Gasteiger partial charge is 0.308 e. The molecule has 64 valence electrons. The van der Waals surface area contributed by atoms with Crippen LogP contribution in [0, 0.1) is 0 Å². The summed E-state index contributed by atoms with van der Waals surface area (Å²) in [5, 5.41) is 0. The molecule has 0 radical (unpaired) electrons. The predicted octanol–water partition coefficient (Wildman–Crippen LogP) is 2.32. The molecule has 0 saturated heterocycles. The molecule has 1 aliphatic rings. The Balaban J connectivity index is 0.000000461. The maximum absolute atomic E-state index is 3.06. The standard InChI is InChI=1S/C7H12N2.C2H6/c1-3-7-6(2)4-5-8-9-7;1-2/h4-5,8-9H,3H2,1-2H3;1-2H3. The van der Waals surface area contributed by atoms with Crippen LogP contribution in [0.15, 0.2) is 23.5 Å². The first-order valence-corrected chi connectivity index (χ1v) is 4.22. The second-order valence-electron chi connectivity index (χ2n) is 2.12. The summed E-state index contributed by atoms with van der Waals surface area (Å²) >= 11 is 0. The van der Waals surface area contributed by atoms with Crippen LogP contribution >= 0.6 is 0 Å². The monoisotopic (exact) mass is 154 g/mol. The van der Waals surface area contributed by atoms with Crippen molar-refractivity contribution in [3.05, 3.63) is 23.5 Å². The van der Waals surface area contributed by atoms with Crippen molar-refractivity contribution in [2.75, 3.05) is 0 Å². The average Bonchev–Trinajstić information content (AvgIpc) is 2.09. The SMILES string of the molecule is CC.CCC1=C(C)C=CNN1. The quantitative estimate of drug-likeness (QED) is 0.605. The van der Waals surface area contributed by atoms with Gasteiger partial charge in [-0.15, -0.1) is 0 Å². The Morgan fingerprint density at radius 3 is 2.36 bits per heavy atom. The van der Waals surface area contributed by atoms with Crippen LogP contribution in [-0.2, 0) is 0 Å². The van der Waals surface area contributed by atoms with Gasteiger partial charge in [-0.3, -0.25) is 0 Å². The third kappa shape index (κ3) is 3.12. The first-order valence-electron chi connectivity index (χ1n) is 4.22. The first-order chi connectivity index (χ1) is 5.34. The van der Waals surface area contributed by atoms with E-state index in [9.17, 15) is 0 Å². The van der Waals surface area contributed by atoms with Gasteiger partial charge in [-0.1, -0.05) is 20.8 Å². The van der Waals surface area contributed by atoms with Gasteiger partial charge >= 0.3 is 0 Å². The van der Waals surface area contributed by atoms with Gasteiger partial charge in [-0.2, -0.15) is 0 Å². The van der Waals surface area contributed by atoms with E-state index in [0.717, 1.165) is 6.42 Å².